The normalized spacial score (nSPS) is 12.8. The quantitative estimate of drug-likeness (QED) is 0.357. The van der Waals surface area contributed by atoms with Crippen LogP contribution in [0.2, 0.25) is 0 Å². The molecule has 0 aliphatic heterocycles. The van der Waals surface area contributed by atoms with Crippen LogP contribution in [-0.2, 0) is 0 Å². The van der Waals surface area contributed by atoms with Gasteiger partial charge >= 0.3 is 0 Å². The Morgan fingerprint density at radius 2 is 1.11 bits per heavy atom. The summed E-state index contributed by atoms with van der Waals surface area (Å²) < 4.78 is 0. The summed E-state index contributed by atoms with van der Waals surface area (Å²) in [6.45, 7) is 4.94. The van der Waals surface area contributed by atoms with Gasteiger partial charge in [-0.05, 0) is 18.8 Å². The van der Waals surface area contributed by atoms with E-state index in [1.54, 1.807) is 0 Å². The third-order valence-corrected chi connectivity index (χ3v) is 4.31. The van der Waals surface area contributed by atoms with Crippen molar-refractivity contribution in [3.63, 3.8) is 0 Å². The van der Waals surface area contributed by atoms with Gasteiger partial charge in [-0.3, -0.25) is 0 Å². The molecule has 116 valence electrons. The van der Waals surface area contributed by atoms with Crippen molar-refractivity contribution in [2.24, 2.45) is 5.92 Å². The Kier molecular flexibility index (Phi) is 16.0. The molecule has 1 unspecified atom stereocenters. The Morgan fingerprint density at radius 1 is 0.632 bits per heavy atom. The summed E-state index contributed by atoms with van der Waals surface area (Å²) in [5.74, 6) is 0.862. The molecule has 0 aromatic heterocycles. The zero-order chi connectivity index (χ0) is 14.2. The predicted octanol–water partition coefficient (Wildman–Crippen LogP) is 6.10. The summed E-state index contributed by atoms with van der Waals surface area (Å²) in [7, 11) is 0. The van der Waals surface area contributed by atoms with E-state index in [2.05, 4.69) is 13.8 Å². The van der Waals surface area contributed by atoms with Gasteiger partial charge in [0.25, 0.3) is 0 Å². The van der Waals surface area contributed by atoms with Gasteiger partial charge in [0.1, 0.15) is 0 Å². The smallest absolute Gasteiger partial charge is 0.0431 e. The van der Waals surface area contributed by atoms with E-state index in [-0.39, 0.29) is 0 Å². The van der Waals surface area contributed by atoms with E-state index in [9.17, 15) is 0 Å². The van der Waals surface area contributed by atoms with E-state index in [0.29, 0.717) is 6.61 Å². The molecule has 0 aromatic carbocycles. The maximum absolute atomic E-state index is 8.86. The molecule has 1 atom stereocenters. The SMILES string of the molecule is CCCCCCCCCCCCC(CC)CCCO. The van der Waals surface area contributed by atoms with Crippen LogP contribution in [0.3, 0.4) is 0 Å². The fourth-order valence-electron chi connectivity index (χ4n) is 2.85. The summed E-state index contributed by atoms with van der Waals surface area (Å²) in [5.41, 5.74) is 0. The first-order valence-electron chi connectivity index (χ1n) is 8.96. The molecule has 19 heavy (non-hydrogen) atoms. The summed E-state index contributed by atoms with van der Waals surface area (Å²) >= 11 is 0. The highest BCUT2D eigenvalue weighted by atomic mass is 16.2. The molecule has 0 radical (unpaired) electrons. The Hall–Kier alpha value is -0.0400. The van der Waals surface area contributed by atoms with Crippen molar-refractivity contribution in [2.45, 2.75) is 104 Å². The van der Waals surface area contributed by atoms with Crippen molar-refractivity contribution < 1.29 is 5.11 Å². The molecule has 0 aliphatic carbocycles. The summed E-state index contributed by atoms with van der Waals surface area (Å²) in [6, 6.07) is 0. The average Bonchev–Trinajstić information content (AvgIpc) is 2.44. The van der Waals surface area contributed by atoms with Gasteiger partial charge in [-0.2, -0.15) is 0 Å². The second-order valence-corrected chi connectivity index (χ2v) is 6.11. The number of aliphatic hydroxyl groups excluding tert-OH is 1. The summed E-state index contributed by atoms with van der Waals surface area (Å²) in [6.07, 6.45) is 19.2. The second kappa shape index (κ2) is 16.0. The lowest BCUT2D eigenvalue weighted by Crippen LogP contribution is -2.00. The van der Waals surface area contributed by atoms with Crippen molar-refractivity contribution >= 4 is 0 Å². The maximum atomic E-state index is 8.86. The molecule has 1 nitrogen and oxygen atoms in total. The van der Waals surface area contributed by atoms with Crippen LogP contribution >= 0.6 is 0 Å². The molecular weight excluding hydrogens is 232 g/mol. The van der Waals surface area contributed by atoms with E-state index in [0.717, 1.165) is 12.3 Å². The Bertz CT molecular complexity index is 156. The third-order valence-electron chi connectivity index (χ3n) is 4.31. The fraction of sp³-hybridized carbons (Fsp3) is 1.00. The van der Waals surface area contributed by atoms with Gasteiger partial charge in [-0.15, -0.1) is 0 Å². The van der Waals surface area contributed by atoms with Crippen LogP contribution in [0, 0.1) is 5.92 Å². The van der Waals surface area contributed by atoms with E-state index in [1.807, 2.05) is 0 Å². The molecule has 0 saturated heterocycles. The predicted molar refractivity (Wildman–Crippen MR) is 86.6 cm³/mol. The van der Waals surface area contributed by atoms with Crippen LogP contribution in [0.5, 0.6) is 0 Å². The highest BCUT2D eigenvalue weighted by molar-refractivity contribution is 4.58. The van der Waals surface area contributed by atoms with Gasteiger partial charge in [0.05, 0.1) is 0 Å². The molecule has 1 heteroatoms. The lowest BCUT2D eigenvalue weighted by atomic mass is 9.93. The van der Waals surface area contributed by atoms with Crippen LogP contribution in [0.1, 0.15) is 104 Å². The lowest BCUT2D eigenvalue weighted by molar-refractivity contribution is 0.265. The minimum Gasteiger partial charge on any atom is -0.396 e. The average molecular weight is 271 g/mol. The van der Waals surface area contributed by atoms with Crippen molar-refractivity contribution in [3.05, 3.63) is 0 Å². The molecule has 1 N–H and O–H groups in total. The standard InChI is InChI=1S/C18H38O/c1-3-5-6-7-8-9-10-11-12-13-15-18(4-2)16-14-17-19/h18-19H,3-17H2,1-2H3. The molecular formula is C18H38O. The van der Waals surface area contributed by atoms with Gasteiger partial charge in [0.2, 0.25) is 0 Å². The van der Waals surface area contributed by atoms with Crippen molar-refractivity contribution in [1.82, 2.24) is 0 Å². The molecule has 0 amide bonds. The van der Waals surface area contributed by atoms with Gasteiger partial charge < -0.3 is 5.11 Å². The zero-order valence-corrected chi connectivity index (χ0v) is 13.6. The minimum absolute atomic E-state index is 0.370. The van der Waals surface area contributed by atoms with Gasteiger partial charge in [0.15, 0.2) is 0 Å². The molecule has 0 aliphatic rings. The van der Waals surface area contributed by atoms with Crippen molar-refractivity contribution in [2.75, 3.05) is 6.61 Å². The lowest BCUT2D eigenvalue weighted by Gasteiger charge is -2.13. The van der Waals surface area contributed by atoms with E-state index >= 15 is 0 Å². The number of hydrogen-bond donors (Lipinski definition) is 1. The molecule has 0 heterocycles. The Balaban J connectivity index is 3.16. The van der Waals surface area contributed by atoms with Crippen molar-refractivity contribution in [1.29, 1.82) is 0 Å². The first-order chi connectivity index (χ1) is 9.35. The maximum Gasteiger partial charge on any atom is 0.0431 e. The molecule has 0 aromatic rings. The third kappa shape index (κ3) is 14.2. The van der Waals surface area contributed by atoms with Crippen LogP contribution in [0.25, 0.3) is 0 Å². The van der Waals surface area contributed by atoms with E-state index in [4.69, 9.17) is 5.11 Å². The Labute approximate surface area is 122 Å². The number of unbranched alkanes of at least 4 members (excludes halogenated alkanes) is 9. The van der Waals surface area contributed by atoms with Gasteiger partial charge in [-0.25, -0.2) is 0 Å². The fourth-order valence-corrected chi connectivity index (χ4v) is 2.85. The molecule has 0 bridgehead atoms. The highest BCUT2D eigenvalue weighted by Gasteiger charge is 2.05. The molecule has 0 saturated carbocycles. The molecule has 0 fully saturated rings. The second-order valence-electron chi connectivity index (χ2n) is 6.11. The van der Waals surface area contributed by atoms with Crippen molar-refractivity contribution in [3.8, 4) is 0 Å². The largest absolute Gasteiger partial charge is 0.396 e. The highest BCUT2D eigenvalue weighted by Crippen LogP contribution is 2.19. The van der Waals surface area contributed by atoms with Crippen LogP contribution in [0.15, 0.2) is 0 Å². The van der Waals surface area contributed by atoms with E-state index in [1.165, 1.54) is 83.5 Å². The number of rotatable bonds is 15. The van der Waals surface area contributed by atoms with Gasteiger partial charge in [0, 0.05) is 6.61 Å². The van der Waals surface area contributed by atoms with Gasteiger partial charge in [-0.1, -0.05) is 90.9 Å². The molecule has 0 spiro atoms. The molecule has 0 rings (SSSR count). The van der Waals surface area contributed by atoms with Crippen LogP contribution in [0.4, 0.5) is 0 Å². The van der Waals surface area contributed by atoms with Crippen LogP contribution < -0.4 is 0 Å². The Morgan fingerprint density at radius 3 is 1.58 bits per heavy atom. The number of aliphatic hydroxyl groups is 1. The van der Waals surface area contributed by atoms with E-state index < -0.39 is 0 Å². The minimum atomic E-state index is 0.370. The monoisotopic (exact) mass is 270 g/mol. The summed E-state index contributed by atoms with van der Waals surface area (Å²) in [5, 5.41) is 8.86. The number of hydrogen-bond acceptors (Lipinski definition) is 1. The first kappa shape index (κ1) is 19.0. The topological polar surface area (TPSA) is 20.2 Å². The first-order valence-corrected chi connectivity index (χ1v) is 8.96. The zero-order valence-electron chi connectivity index (χ0n) is 13.6. The van der Waals surface area contributed by atoms with Crippen LogP contribution in [-0.4, -0.2) is 11.7 Å². The summed E-state index contributed by atoms with van der Waals surface area (Å²) in [4.78, 5) is 0.